The molecule has 1 saturated heterocycles. The fourth-order valence-corrected chi connectivity index (χ4v) is 6.11. The summed E-state index contributed by atoms with van der Waals surface area (Å²) in [6.07, 6.45) is 3.53. The van der Waals surface area contributed by atoms with Gasteiger partial charge in [-0.15, -0.1) is 0 Å². The van der Waals surface area contributed by atoms with Crippen molar-refractivity contribution in [2.45, 2.75) is 29.4 Å². The number of rotatable bonds is 4. The summed E-state index contributed by atoms with van der Waals surface area (Å²) in [4.78, 5) is 0.288. The van der Waals surface area contributed by atoms with Gasteiger partial charge in [0.2, 0.25) is 10.0 Å². The van der Waals surface area contributed by atoms with Crippen molar-refractivity contribution in [3.63, 3.8) is 0 Å². The third-order valence-electron chi connectivity index (χ3n) is 2.96. The summed E-state index contributed by atoms with van der Waals surface area (Å²) in [7, 11) is -3.44. The third-order valence-corrected chi connectivity index (χ3v) is 7.25. The van der Waals surface area contributed by atoms with Crippen molar-refractivity contribution in [1.82, 2.24) is 4.72 Å². The van der Waals surface area contributed by atoms with E-state index >= 15 is 0 Å². The molecule has 0 aliphatic carbocycles. The largest absolute Gasteiger partial charge is 0.241 e. The highest BCUT2D eigenvalue weighted by Crippen LogP contribution is 2.27. The summed E-state index contributed by atoms with van der Waals surface area (Å²) in [6.45, 7) is 0.509. The van der Waals surface area contributed by atoms with Crippen LogP contribution in [-0.4, -0.2) is 26.0 Å². The molecule has 1 aromatic carbocycles. The first-order chi connectivity index (χ1) is 8.99. The van der Waals surface area contributed by atoms with Gasteiger partial charge in [0.1, 0.15) is 0 Å². The van der Waals surface area contributed by atoms with Crippen molar-refractivity contribution in [1.29, 1.82) is 0 Å². The minimum Gasteiger partial charge on any atom is -0.210 e. The highest BCUT2D eigenvalue weighted by atomic mass is 79.9. The number of thioether (sulfide) groups is 1. The lowest BCUT2D eigenvalue weighted by Crippen LogP contribution is -2.32. The molecule has 1 unspecified atom stereocenters. The molecular formula is C12H15Br2NO2S2. The second kappa shape index (κ2) is 6.93. The Morgan fingerprint density at radius 2 is 2.11 bits per heavy atom. The van der Waals surface area contributed by atoms with E-state index in [-0.39, 0.29) is 4.90 Å². The molecule has 106 valence electrons. The van der Waals surface area contributed by atoms with Crippen LogP contribution in [0.25, 0.3) is 0 Å². The Morgan fingerprint density at radius 3 is 2.74 bits per heavy atom. The highest BCUT2D eigenvalue weighted by molar-refractivity contribution is 9.11. The van der Waals surface area contributed by atoms with Crippen molar-refractivity contribution in [2.24, 2.45) is 0 Å². The van der Waals surface area contributed by atoms with Crippen LogP contribution in [0.15, 0.2) is 32.0 Å². The quantitative estimate of drug-likeness (QED) is 0.793. The van der Waals surface area contributed by atoms with Gasteiger partial charge in [-0.1, -0.05) is 22.4 Å². The molecule has 1 N–H and O–H groups in total. The van der Waals surface area contributed by atoms with E-state index in [1.807, 2.05) is 11.8 Å². The van der Waals surface area contributed by atoms with Crippen LogP contribution in [0, 0.1) is 0 Å². The van der Waals surface area contributed by atoms with E-state index in [1.165, 1.54) is 12.8 Å². The van der Waals surface area contributed by atoms with Gasteiger partial charge in [0, 0.05) is 20.7 Å². The summed E-state index contributed by atoms with van der Waals surface area (Å²) >= 11 is 8.47. The van der Waals surface area contributed by atoms with Crippen molar-refractivity contribution in [3.05, 3.63) is 27.1 Å². The standard InChI is InChI=1S/C12H15Br2NO2S2/c13-9-4-5-12(11(14)7-9)19(16,17)15-8-10-3-1-2-6-18-10/h4-5,7,10,15H,1-3,6,8H2. The molecule has 0 saturated carbocycles. The molecule has 1 aliphatic heterocycles. The average Bonchev–Trinajstić information content (AvgIpc) is 2.37. The van der Waals surface area contributed by atoms with Gasteiger partial charge in [-0.3, -0.25) is 0 Å². The summed E-state index contributed by atoms with van der Waals surface area (Å²) in [5, 5.41) is 0.401. The zero-order valence-corrected chi connectivity index (χ0v) is 15.0. The fraction of sp³-hybridized carbons (Fsp3) is 0.500. The van der Waals surface area contributed by atoms with Crippen LogP contribution in [-0.2, 0) is 10.0 Å². The normalized spacial score (nSPS) is 20.4. The number of hydrogen-bond acceptors (Lipinski definition) is 3. The van der Waals surface area contributed by atoms with Crippen LogP contribution in [0.5, 0.6) is 0 Å². The van der Waals surface area contributed by atoms with Crippen LogP contribution >= 0.6 is 43.6 Å². The summed E-state index contributed by atoms with van der Waals surface area (Å²) in [5.41, 5.74) is 0. The van der Waals surface area contributed by atoms with Gasteiger partial charge in [-0.2, -0.15) is 11.8 Å². The SMILES string of the molecule is O=S(=O)(NCC1CCCCS1)c1ccc(Br)cc1Br. The van der Waals surface area contributed by atoms with Crippen LogP contribution in [0.3, 0.4) is 0 Å². The smallest absolute Gasteiger partial charge is 0.210 e. The van der Waals surface area contributed by atoms with Crippen molar-refractivity contribution >= 4 is 53.6 Å². The Kier molecular flexibility index (Phi) is 5.77. The van der Waals surface area contributed by atoms with Crippen molar-refractivity contribution < 1.29 is 8.42 Å². The maximum atomic E-state index is 12.2. The molecule has 0 amide bonds. The van der Waals surface area contributed by atoms with E-state index in [1.54, 1.807) is 18.2 Å². The second-order valence-corrected chi connectivity index (χ2v) is 9.33. The number of hydrogen-bond donors (Lipinski definition) is 1. The summed E-state index contributed by atoms with van der Waals surface area (Å²) in [6, 6.07) is 5.07. The molecule has 2 rings (SSSR count). The first kappa shape index (κ1) is 15.8. The molecule has 1 fully saturated rings. The van der Waals surface area contributed by atoms with E-state index in [0.717, 1.165) is 16.6 Å². The van der Waals surface area contributed by atoms with Gasteiger partial charge in [0.15, 0.2) is 0 Å². The Balaban J connectivity index is 2.05. The van der Waals surface area contributed by atoms with E-state index in [2.05, 4.69) is 36.6 Å². The number of nitrogens with one attached hydrogen (secondary N) is 1. The third kappa shape index (κ3) is 4.46. The molecule has 3 nitrogen and oxygen atoms in total. The van der Waals surface area contributed by atoms with Crippen molar-refractivity contribution in [3.8, 4) is 0 Å². The lowest BCUT2D eigenvalue weighted by Gasteiger charge is -2.21. The highest BCUT2D eigenvalue weighted by Gasteiger charge is 2.21. The van der Waals surface area contributed by atoms with Gasteiger partial charge in [0.25, 0.3) is 0 Å². The van der Waals surface area contributed by atoms with Gasteiger partial charge in [-0.25, -0.2) is 13.1 Å². The molecule has 0 radical (unpaired) electrons. The second-order valence-electron chi connectivity index (χ2n) is 4.42. The first-order valence-corrected chi connectivity index (χ1v) is 10.2. The molecule has 0 aromatic heterocycles. The Bertz CT molecular complexity index is 543. The molecule has 0 bridgehead atoms. The minimum absolute atomic E-state index is 0.288. The molecule has 7 heteroatoms. The van der Waals surface area contributed by atoms with Gasteiger partial charge >= 0.3 is 0 Å². The predicted molar refractivity (Wildman–Crippen MR) is 87.1 cm³/mol. The van der Waals surface area contributed by atoms with Gasteiger partial charge < -0.3 is 0 Å². The number of benzene rings is 1. The van der Waals surface area contributed by atoms with Gasteiger partial charge in [-0.05, 0) is 52.7 Å². The molecule has 1 heterocycles. The van der Waals surface area contributed by atoms with Crippen LogP contribution < -0.4 is 4.72 Å². The topological polar surface area (TPSA) is 46.2 Å². The average molecular weight is 429 g/mol. The molecule has 1 atom stereocenters. The lowest BCUT2D eigenvalue weighted by molar-refractivity contribution is 0.573. The lowest BCUT2D eigenvalue weighted by atomic mass is 10.2. The first-order valence-electron chi connectivity index (χ1n) is 6.05. The Hall–Kier alpha value is 0.440. The van der Waals surface area contributed by atoms with Crippen LogP contribution in [0.2, 0.25) is 0 Å². The Labute approximate surface area is 135 Å². The van der Waals surface area contributed by atoms with E-state index in [0.29, 0.717) is 16.3 Å². The van der Waals surface area contributed by atoms with E-state index in [4.69, 9.17) is 0 Å². The van der Waals surface area contributed by atoms with E-state index in [9.17, 15) is 8.42 Å². The zero-order valence-electron chi connectivity index (χ0n) is 10.2. The van der Waals surface area contributed by atoms with Crippen LogP contribution in [0.1, 0.15) is 19.3 Å². The Morgan fingerprint density at radius 1 is 1.32 bits per heavy atom. The minimum atomic E-state index is -3.44. The van der Waals surface area contributed by atoms with E-state index < -0.39 is 10.0 Å². The maximum absolute atomic E-state index is 12.2. The summed E-state index contributed by atoms with van der Waals surface area (Å²) in [5.74, 6) is 1.13. The molecule has 1 aliphatic rings. The van der Waals surface area contributed by atoms with Crippen LogP contribution in [0.4, 0.5) is 0 Å². The predicted octanol–water partition coefficient (Wildman–Crippen LogP) is 3.78. The van der Waals surface area contributed by atoms with Crippen molar-refractivity contribution in [2.75, 3.05) is 12.3 Å². The maximum Gasteiger partial charge on any atom is 0.241 e. The fourth-order valence-electron chi connectivity index (χ4n) is 1.94. The summed E-state index contributed by atoms with van der Waals surface area (Å²) < 4.78 is 28.6. The molecular weight excluding hydrogens is 414 g/mol. The monoisotopic (exact) mass is 427 g/mol. The number of halogens is 2. The van der Waals surface area contributed by atoms with Gasteiger partial charge in [0.05, 0.1) is 4.90 Å². The number of sulfonamides is 1. The zero-order chi connectivity index (χ0) is 13.9. The molecule has 0 spiro atoms. The molecule has 1 aromatic rings. The molecule has 19 heavy (non-hydrogen) atoms.